The Morgan fingerprint density at radius 1 is 1.07 bits per heavy atom. The molecule has 1 aromatic heterocycles. The molecular formula is C21H20ClN3O3. The van der Waals surface area contributed by atoms with Crippen molar-refractivity contribution in [1.29, 1.82) is 0 Å². The highest BCUT2D eigenvalue weighted by atomic mass is 35.5. The molecule has 0 saturated heterocycles. The Hall–Kier alpha value is -3.25. The third kappa shape index (κ3) is 4.53. The lowest BCUT2D eigenvalue weighted by molar-refractivity contribution is 0.102. The second kappa shape index (κ2) is 8.63. The molecule has 2 aromatic carbocycles. The Kier molecular flexibility index (Phi) is 6.01. The molecule has 3 rings (SSSR count). The number of aromatic nitrogens is 1. The number of anilines is 3. The van der Waals surface area contributed by atoms with E-state index in [1.165, 1.54) is 13.3 Å². The van der Waals surface area contributed by atoms with Crippen LogP contribution in [0.25, 0.3) is 0 Å². The molecule has 0 radical (unpaired) electrons. The highest BCUT2D eigenvalue weighted by Gasteiger charge is 2.12. The molecule has 0 saturated carbocycles. The summed E-state index contributed by atoms with van der Waals surface area (Å²) < 4.78 is 10.5. The van der Waals surface area contributed by atoms with E-state index >= 15 is 0 Å². The van der Waals surface area contributed by atoms with Crippen LogP contribution in [0.3, 0.4) is 0 Å². The molecular weight excluding hydrogens is 378 g/mol. The predicted molar refractivity (Wildman–Crippen MR) is 111 cm³/mol. The first-order valence-corrected chi connectivity index (χ1v) is 8.90. The van der Waals surface area contributed by atoms with Crippen LogP contribution < -0.4 is 20.1 Å². The monoisotopic (exact) mass is 397 g/mol. The number of ether oxygens (including phenoxy) is 2. The maximum atomic E-state index is 12.6. The number of amides is 1. The standard InChI is InChI=1S/C21H20ClN3O3/c1-13-9-18(19(28-3)11-17(13)22)25-21(26)14-7-8-20(23-12-14)24-15-5-4-6-16(10-15)27-2/h4-12H,1-3H3,(H,23,24)(H,25,26). The lowest BCUT2D eigenvalue weighted by atomic mass is 10.2. The molecule has 144 valence electrons. The number of carbonyl (C=O) groups is 1. The summed E-state index contributed by atoms with van der Waals surface area (Å²) in [4.78, 5) is 16.9. The summed E-state index contributed by atoms with van der Waals surface area (Å²) in [5.41, 5.74) is 2.65. The van der Waals surface area contributed by atoms with E-state index in [-0.39, 0.29) is 5.91 Å². The molecule has 0 fully saturated rings. The van der Waals surface area contributed by atoms with E-state index in [0.29, 0.717) is 27.8 Å². The molecule has 2 N–H and O–H groups in total. The van der Waals surface area contributed by atoms with Gasteiger partial charge in [0.2, 0.25) is 0 Å². The Labute approximate surface area is 168 Å². The Morgan fingerprint density at radius 3 is 2.57 bits per heavy atom. The minimum atomic E-state index is -0.291. The quantitative estimate of drug-likeness (QED) is 0.608. The normalized spacial score (nSPS) is 10.3. The summed E-state index contributed by atoms with van der Waals surface area (Å²) in [6.07, 6.45) is 1.51. The Bertz CT molecular complexity index is 991. The van der Waals surface area contributed by atoms with E-state index in [1.54, 1.807) is 31.4 Å². The van der Waals surface area contributed by atoms with Crippen LogP contribution >= 0.6 is 11.6 Å². The Balaban J connectivity index is 1.73. The number of methoxy groups -OCH3 is 2. The Morgan fingerprint density at radius 2 is 1.89 bits per heavy atom. The van der Waals surface area contributed by atoms with Gasteiger partial charge in [-0.05, 0) is 42.8 Å². The van der Waals surface area contributed by atoms with Crippen molar-refractivity contribution in [3.63, 3.8) is 0 Å². The van der Waals surface area contributed by atoms with Gasteiger partial charge in [0.05, 0.1) is 25.5 Å². The molecule has 0 atom stereocenters. The molecule has 0 aliphatic rings. The molecule has 0 aliphatic carbocycles. The number of nitrogens with zero attached hydrogens (tertiary/aromatic N) is 1. The predicted octanol–water partition coefficient (Wildman–Crippen LogP) is 5.06. The second-order valence-electron chi connectivity index (χ2n) is 6.04. The first-order valence-electron chi connectivity index (χ1n) is 8.53. The zero-order valence-corrected chi connectivity index (χ0v) is 16.5. The van der Waals surface area contributed by atoms with E-state index < -0.39 is 0 Å². The molecule has 6 nitrogen and oxygen atoms in total. The molecule has 1 amide bonds. The molecule has 0 aliphatic heterocycles. The van der Waals surface area contributed by atoms with E-state index in [1.807, 2.05) is 31.2 Å². The number of nitrogens with one attached hydrogen (secondary N) is 2. The van der Waals surface area contributed by atoms with E-state index in [2.05, 4.69) is 15.6 Å². The zero-order valence-electron chi connectivity index (χ0n) is 15.7. The van der Waals surface area contributed by atoms with Crippen LogP contribution in [-0.4, -0.2) is 25.1 Å². The van der Waals surface area contributed by atoms with Crippen LogP contribution in [0.2, 0.25) is 5.02 Å². The zero-order chi connectivity index (χ0) is 20.1. The summed E-state index contributed by atoms with van der Waals surface area (Å²) in [5.74, 6) is 1.56. The number of halogens is 1. The lowest BCUT2D eigenvalue weighted by Gasteiger charge is -2.12. The smallest absolute Gasteiger partial charge is 0.257 e. The number of hydrogen-bond donors (Lipinski definition) is 2. The van der Waals surface area contributed by atoms with Crippen molar-refractivity contribution in [2.24, 2.45) is 0 Å². The molecule has 0 bridgehead atoms. The van der Waals surface area contributed by atoms with Crippen molar-refractivity contribution in [2.75, 3.05) is 24.9 Å². The van der Waals surface area contributed by atoms with Gasteiger partial charge >= 0.3 is 0 Å². The molecule has 7 heteroatoms. The maximum absolute atomic E-state index is 12.6. The molecule has 0 unspecified atom stereocenters. The number of rotatable bonds is 6. The maximum Gasteiger partial charge on any atom is 0.257 e. The van der Waals surface area contributed by atoms with Gasteiger partial charge in [0.15, 0.2) is 0 Å². The van der Waals surface area contributed by atoms with Crippen molar-refractivity contribution < 1.29 is 14.3 Å². The summed E-state index contributed by atoms with van der Waals surface area (Å²) in [7, 11) is 3.14. The van der Waals surface area contributed by atoms with Crippen molar-refractivity contribution in [3.8, 4) is 11.5 Å². The van der Waals surface area contributed by atoms with Crippen LogP contribution in [0.15, 0.2) is 54.7 Å². The average Bonchev–Trinajstić information content (AvgIpc) is 2.71. The first kappa shape index (κ1) is 19.5. The van der Waals surface area contributed by atoms with Gasteiger partial charge in [-0.3, -0.25) is 4.79 Å². The largest absolute Gasteiger partial charge is 0.497 e. The van der Waals surface area contributed by atoms with E-state index in [0.717, 1.165) is 17.0 Å². The molecule has 1 heterocycles. The number of pyridine rings is 1. The van der Waals surface area contributed by atoms with Gasteiger partial charge in [-0.25, -0.2) is 4.98 Å². The van der Waals surface area contributed by atoms with Crippen molar-refractivity contribution in [1.82, 2.24) is 4.98 Å². The molecule has 0 spiro atoms. The average molecular weight is 398 g/mol. The number of aryl methyl sites for hydroxylation is 1. The summed E-state index contributed by atoms with van der Waals surface area (Å²) in [5, 5.41) is 6.57. The SMILES string of the molecule is COc1cccc(Nc2ccc(C(=O)Nc3cc(C)c(Cl)cc3OC)cn2)c1. The van der Waals surface area contributed by atoms with Crippen molar-refractivity contribution >= 4 is 34.7 Å². The van der Waals surface area contributed by atoms with Crippen LogP contribution in [0.4, 0.5) is 17.2 Å². The van der Waals surface area contributed by atoms with Gasteiger partial charge in [-0.15, -0.1) is 0 Å². The summed E-state index contributed by atoms with van der Waals surface area (Å²) in [6, 6.07) is 14.4. The fourth-order valence-corrected chi connectivity index (χ4v) is 2.73. The third-order valence-electron chi connectivity index (χ3n) is 4.10. The van der Waals surface area contributed by atoms with Gasteiger partial charge < -0.3 is 20.1 Å². The molecule has 28 heavy (non-hydrogen) atoms. The second-order valence-corrected chi connectivity index (χ2v) is 6.45. The first-order chi connectivity index (χ1) is 13.5. The summed E-state index contributed by atoms with van der Waals surface area (Å²) >= 11 is 6.10. The third-order valence-corrected chi connectivity index (χ3v) is 4.50. The van der Waals surface area contributed by atoms with Crippen LogP contribution in [-0.2, 0) is 0 Å². The highest BCUT2D eigenvalue weighted by Crippen LogP contribution is 2.31. The lowest BCUT2D eigenvalue weighted by Crippen LogP contribution is -2.13. The fourth-order valence-electron chi connectivity index (χ4n) is 2.58. The van der Waals surface area contributed by atoms with Crippen LogP contribution in [0.1, 0.15) is 15.9 Å². The topological polar surface area (TPSA) is 72.5 Å². The van der Waals surface area contributed by atoms with Gasteiger partial charge in [-0.2, -0.15) is 0 Å². The number of hydrogen-bond acceptors (Lipinski definition) is 5. The van der Waals surface area contributed by atoms with Crippen LogP contribution in [0, 0.1) is 6.92 Å². The number of carbonyl (C=O) groups excluding carboxylic acids is 1. The van der Waals surface area contributed by atoms with Crippen LogP contribution in [0.5, 0.6) is 11.5 Å². The van der Waals surface area contributed by atoms with E-state index in [9.17, 15) is 4.79 Å². The minimum Gasteiger partial charge on any atom is -0.497 e. The van der Waals surface area contributed by atoms with Crippen molar-refractivity contribution in [3.05, 3.63) is 70.9 Å². The van der Waals surface area contributed by atoms with Crippen molar-refractivity contribution in [2.45, 2.75) is 6.92 Å². The number of benzene rings is 2. The van der Waals surface area contributed by atoms with Gasteiger partial charge in [-0.1, -0.05) is 17.7 Å². The van der Waals surface area contributed by atoms with Gasteiger partial charge in [0.25, 0.3) is 5.91 Å². The summed E-state index contributed by atoms with van der Waals surface area (Å²) in [6.45, 7) is 1.86. The van der Waals surface area contributed by atoms with E-state index in [4.69, 9.17) is 21.1 Å². The van der Waals surface area contributed by atoms with Gasteiger partial charge in [0.1, 0.15) is 17.3 Å². The molecule has 3 aromatic rings. The highest BCUT2D eigenvalue weighted by molar-refractivity contribution is 6.31. The minimum absolute atomic E-state index is 0.291. The fraction of sp³-hybridized carbons (Fsp3) is 0.143. The van der Waals surface area contributed by atoms with Gasteiger partial charge in [0, 0.05) is 29.0 Å².